The van der Waals surface area contributed by atoms with Crippen molar-refractivity contribution < 1.29 is 4.74 Å². The first-order chi connectivity index (χ1) is 8.50. The van der Waals surface area contributed by atoms with Crippen LogP contribution in [0.2, 0.25) is 0 Å². The van der Waals surface area contributed by atoms with Crippen LogP contribution in [0, 0.1) is 0 Å². The number of guanidine groups is 1. The van der Waals surface area contributed by atoms with E-state index in [1.54, 1.807) is 0 Å². The molecule has 0 aliphatic heterocycles. The molecule has 0 saturated heterocycles. The van der Waals surface area contributed by atoms with Gasteiger partial charge in [-0.3, -0.25) is 0 Å². The molecule has 1 aromatic carbocycles. The smallest absolute Gasteiger partial charge is 0.195 e. The Kier molecular flexibility index (Phi) is 5.98. The zero-order chi connectivity index (χ0) is 13.5. The largest absolute Gasteiger partial charge is 0.492 e. The summed E-state index contributed by atoms with van der Waals surface area (Å²) in [6.45, 7) is 1.22. The van der Waals surface area contributed by atoms with Gasteiger partial charge in [0.05, 0.1) is 6.54 Å². The predicted octanol–water partition coefficient (Wildman–Crippen LogP) is 2.31. The molecule has 4 nitrogen and oxygen atoms in total. The maximum atomic E-state index is 5.61. The van der Waals surface area contributed by atoms with Gasteiger partial charge in [-0.2, -0.15) is 0 Å². The standard InChI is InChI=1S/C13H20BrN3O/c1-16(2)13(17(3)4)15-9-10-18-12-7-5-11(14)6-8-12/h5-8H,9-10H2,1-4H3. The Morgan fingerprint density at radius 3 is 2.17 bits per heavy atom. The maximum Gasteiger partial charge on any atom is 0.195 e. The zero-order valence-corrected chi connectivity index (χ0v) is 12.9. The summed E-state index contributed by atoms with van der Waals surface area (Å²) in [5.41, 5.74) is 0. The first-order valence-electron chi connectivity index (χ1n) is 5.78. The van der Waals surface area contributed by atoms with E-state index in [0.29, 0.717) is 13.2 Å². The van der Waals surface area contributed by atoms with Crippen molar-refractivity contribution in [3.05, 3.63) is 28.7 Å². The highest BCUT2D eigenvalue weighted by Crippen LogP contribution is 2.15. The van der Waals surface area contributed by atoms with Crippen LogP contribution in [0.3, 0.4) is 0 Å². The lowest BCUT2D eigenvalue weighted by Crippen LogP contribution is -2.35. The number of ether oxygens (including phenoxy) is 1. The van der Waals surface area contributed by atoms with E-state index in [1.165, 1.54) is 0 Å². The lowest BCUT2D eigenvalue weighted by atomic mass is 10.3. The first kappa shape index (κ1) is 14.8. The van der Waals surface area contributed by atoms with Gasteiger partial charge in [-0.25, -0.2) is 4.99 Å². The molecule has 1 rings (SSSR count). The molecule has 0 aliphatic carbocycles. The Morgan fingerprint density at radius 2 is 1.67 bits per heavy atom. The number of halogens is 1. The van der Waals surface area contributed by atoms with Gasteiger partial charge in [0.2, 0.25) is 0 Å². The third-order valence-corrected chi connectivity index (χ3v) is 2.76. The maximum absolute atomic E-state index is 5.61. The monoisotopic (exact) mass is 313 g/mol. The Balaban J connectivity index is 2.41. The summed E-state index contributed by atoms with van der Waals surface area (Å²) in [4.78, 5) is 8.46. The van der Waals surface area contributed by atoms with Crippen molar-refractivity contribution in [3.8, 4) is 5.75 Å². The van der Waals surface area contributed by atoms with E-state index in [0.717, 1.165) is 16.2 Å². The van der Waals surface area contributed by atoms with Crippen LogP contribution in [0.1, 0.15) is 0 Å². The van der Waals surface area contributed by atoms with Crippen LogP contribution >= 0.6 is 15.9 Å². The average molecular weight is 314 g/mol. The molecule has 0 radical (unpaired) electrons. The van der Waals surface area contributed by atoms with Gasteiger partial charge >= 0.3 is 0 Å². The van der Waals surface area contributed by atoms with Crippen LogP contribution in [0.25, 0.3) is 0 Å². The molecule has 0 spiro atoms. The summed E-state index contributed by atoms with van der Waals surface area (Å²) in [6.07, 6.45) is 0. The minimum absolute atomic E-state index is 0.576. The Labute approximate surface area is 117 Å². The zero-order valence-electron chi connectivity index (χ0n) is 11.4. The van der Waals surface area contributed by atoms with E-state index in [-0.39, 0.29) is 0 Å². The van der Waals surface area contributed by atoms with Crippen molar-refractivity contribution in [1.82, 2.24) is 9.80 Å². The van der Waals surface area contributed by atoms with Gasteiger partial charge in [0.15, 0.2) is 5.96 Å². The summed E-state index contributed by atoms with van der Waals surface area (Å²) in [5.74, 6) is 1.80. The molecular formula is C13H20BrN3O. The van der Waals surface area contributed by atoms with Crippen molar-refractivity contribution in [1.29, 1.82) is 0 Å². The normalized spacial score (nSPS) is 9.83. The van der Waals surface area contributed by atoms with E-state index in [9.17, 15) is 0 Å². The molecule has 0 atom stereocenters. The minimum atomic E-state index is 0.576. The third-order valence-electron chi connectivity index (χ3n) is 2.23. The Morgan fingerprint density at radius 1 is 1.11 bits per heavy atom. The van der Waals surface area contributed by atoms with E-state index >= 15 is 0 Å². The summed E-state index contributed by atoms with van der Waals surface area (Å²) < 4.78 is 6.66. The second kappa shape index (κ2) is 7.26. The number of hydrogen-bond acceptors (Lipinski definition) is 2. The Bertz CT molecular complexity index is 378. The molecule has 0 amide bonds. The summed E-state index contributed by atoms with van der Waals surface area (Å²) >= 11 is 3.39. The van der Waals surface area contributed by atoms with Crippen molar-refractivity contribution in [2.75, 3.05) is 41.3 Å². The van der Waals surface area contributed by atoms with Crippen LogP contribution in [-0.2, 0) is 0 Å². The van der Waals surface area contributed by atoms with Gasteiger partial charge in [0, 0.05) is 32.7 Å². The molecule has 1 aromatic rings. The molecule has 5 heteroatoms. The lowest BCUT2D eigenvalue weighted by Gasteiger charge is -2.22. The topological polar surface area (TPSA) is 28.1 Å². The van der Waals surface area contributed by atoms with Gasteiger partial charge in [-0.05, 0) is 24.3 Å². The van der Waals surface area contributed by atoms with Gasteiger partial charge in [-0.15, -0.1) is 0 Å². The number of benzene rings is 1. The molecule has 18 heavy (non-hydrogen) atoms. The second-order valence-electron chi connectivity index (χ2n) is 4.27. The first-order valence-corrected chi connectivity index (χ1v) is 6.57. The molecule has 100 valence electrons. The molecule has 0 N–H and O–H groups in total. The van der Waals surface area contributed by atoms with E-state index in [2.05, 4.69) is 20.9 Å². The molecule has 0 bridgehead atoms. The molecular weight excluding hydrogens is 294 g/mol. The number of hydrogen-bond donors (Lipinski definition) is 0. The summed E-state index contributed by atoms with van der Waals surface area (Å²) in [7, 11) is 7.92. The number of aliphatic imine (C=N–C) groups is 1. The van der Waals surface area contributed by atoms with E-state index < -0.39 is 0 Å². The van der Waals surface area contributed by atoms with E-state index in [1.807, 2.05) is 62.3 Å². The predicted molar refractivity (Wildman–Crippen MR) is 79.3 cm³/mol. The number of nitrogens with zero attached hydrogens (tertiary/aromatic N) is 3. The van der Waals surface area contributed by atoms with Gasteiger partial charge in [0.1, 0.15) is 12.4 Å². The van der Waals surface area contributed by atoms with E-state index in [4.69, 9.17) is 4.74 Å². The van der Waals surface area contributed by atoms with Crippen molar-refractivity contribution in [3.63, 3.8) is 0 Å². The highest BCUT2D eigenvalue weighted by Gasteiger charge is 2.03. The van der Waals surface area contributed by atoms with Crippen molar-refractivity contribution in [2.24, 2.45) is 4.99 Å². The van der Waals surface area contributed by atoms with Crippen LogP contribution < -0.4 is 4.74 Å². The fourth-order valence-electron chi connectivity index (χ4n) is 1.52. The lowest BCUT2D eigenvalue weighted by molar-refractivity contribution is 0.326. The molecule has 0 aromatic heterocycles. The second-order valence-corrected chi connectivity index (χ2v) is 5.19. The molecule has 0 aliphatic rings. The summed E-state index contributed by atoms with van der Waals surface area (Å²) in [5, 5.41) is 0. The minimum Gasteiger partial charge on any atom is -0.492 e. The fraction of sp³-hybridized carbons (Fsp3) is 0.462. The molecule has 0 fully saturated rings. The SMILES string of the molecule is CN(C)C(=NCCOc1ccc(Br)cc1)N(C)C. The van der Waals surface area contributed by atoms with Crippen LogP contribution in [-0.4, -0.2) is 57.1 Å². The summed E-state index contributed by atoms with van der Waals surface area (Å²) in [6, 6.07) is 7.80. The van der Waals surface area contributed by atoms with Crippen molar-refractivity contribution in [2.45, 2.75) is 0 Å². The van der Waals surface area contributed by atoms with Crippen LogP contribution in [0.5, 0.6) is 5.75 Å². The molecule has 0 heterocycles. The number of rotatable bonds is 4. The fourth-order valence-corrected chi connectivity index (χ4v) is 1.79. The highest BCUT2D eigenvalue weighted by molar-refractivity contribution is 9.10. The van der Waals surface area contributed by atoms with Gasteiger partial charge in [0.25, 0.3) is 0 Å². The molecule has 0 unspecified atom stereocenters. The average Bonchev–Trinajstić information content (AvgIpc) is 2.30. The van der Waals surface area contributed by atoms with Gasteiger partial charge < -0.3 is 14.5 Å². The van der Waals surface area contributed by atoms with Gasteiger partial charge in [-0.1, -0.05) is 15.9 Å². The van der Waals surface area contributed by atoms with Crippen LogP contribution in [0.4, 0.5) is 0 Å². The quantitative estimate of drug-likeness (QED) is 0.485. The van der Waals surface area contributed by atoms with Crippen molar-refractivity contribution >= 4 is 21.9 Å². The Hall–Kier alpha value is -1.23. The van der Waals surface area contributed by atoms with Crippen LogP contribution in [0.15, 0.2) is 33.7 Å². The molecule has 0 saturated carbocycles. The third kappa shape index (κ3) is 4.96. The highest BCUT2D eigenvalue weighted by atomic mass is 79.9.